The van der Waals surface area contributed by atoms with Crippen LogP contribution in [-0.4, -0.2) is 15.8 Å². The van der Waals surface area contributed by atoms with E-state index in [2.05, 4.69) is 15.9 Å². The molecule has 7 heteroatoms. The Labute approximate surface area is 101 Å². The molecule has 0 bridgehead atoms. The molecule has 0 spiro atoms. The highest BCUT2D eigenvalue weighted by molar-refractivity contribution is 9.10. The monoisotopic (exact) mass is 343 g/mol. The second-order valence-electron chi connectivity index (χ2n) is 2.61. The third-order valence-electron chi connectivity index (χ3n) is 1.47. The van der Waals surface area contributed by atoms with Crippen LogP contribution in [0.4, 0.5) is 14.5 Å². The highest BCUT2D eigenvalue weighted by Crippen LogP contribution is 2.29. The first-order valence-electron chi connectivity index (χ1n) is 3.67. The first-order chi connectivity index (χ1) is 6.80. The van der Waals surface area contributed by atoms with Crippen molar-refractivity contribution in [3.8, 4) is 5.75 Å². The van der Waals surface area contributed by atoms with Gasteiger partial charge in [0.25, 0.3) is 0 Å². The maximum atomic E-state index is 12.4. The molecule has 0 aromatic heterocycles. The van der Waals surface area contributed by atoms with Gasteiger partial charge in [-0.25, -0.2) is 0 Å². The van der Waals surface area contributed by atoms with Gasteiger partial charge in [0.15, 0.2) is 0 Å². The Balaban J connectivity index is 2.87. The van der Waals surface area contributed by atoms with Crippen LogP contribution in [-0.2, 0) is 4.79 Å². The van der Waals surface area contributed by atoms with E-state index in [1.165, 1.54) is 18.2 Å². The normalized spacial score (nSPS) is 11.2. The molecule has 1 amide bonds. The lowest BCUT2D eigenvalue weighted by Gasteiger charge is -2.10. The van der Waals surface area contributed by atoms with E-state index in [0.717, 1.165) is 0 Å². The maximum Gasteiger partial charge on any atom is 0.378 e. The summed E-state index contributed by atoms with van der Waals surface area (Å²) in [7, 11) is 0. The van der Waals surface area contributed by atoms with Crippen molar-refractivity contribution in [3.05, 3.63) is 22.7 Å². The number of amides is 1. The zero-order valence-electron chi connectivity index (χ0n) is 7.10. The van der Waals surface area contributed by atoms with Crippen molar-refractivity contribution in [1.82, 2.24) is 0 Å². The number of phenolic OH excluding ortho intramolecular Hbond substituents is 1. The van der Waals surface area contributed by atoms with E-state index < -0.39 is 10.7 Å². The number of rotatable bonds is 2. The van der Waals surface area contributed by atoms with E-state index >= 15 is 0 Å². The lowest BCUT2D eigenvalue weighted by Crippen LogP contribution is -2.28. The second-order valence-corrected chi connectivity index (χ2v) is 4.52. The fourth-order valence-electron chi connectivity index (χ4n) is 0.804. The summed E-state index contributed by atoms with van der Waals surface area (Å²) in [6, 6.07) is 4.08. The summed E-state index contributed by atoms with van der Waals surface area (Å²) in [4.78, 5) is 7.18. The number of benzene rings is 1. The molecule has 0 heterocycles. The van der Waals surface area contributed by atoms with E-state index in [1.54, 1.807) is 0 Å². The van der Waals surface area contributed by atoms with Crippen LogP contribution >= 0.6 is 31.9 Å². The number of aromatic hydroxyl groups is 1. The fourth-order valence-corrected chi connectivity index (χ4v) is 1.25. The molecule has 0 aliphatic carbocycles. The highest BCUT2D eigenvalue weighted by atomic mass is 79.9. The van der Waals surface area contributed by atoms with Gasteiger partial charge in [-0.1, -0.05) is 15.9 Å². The molecule has 0 aliphatic heterocycles. The first kappa shape index (κ1) is 12.4. The molecule has 82 valence electrons. The van der Waals surface area contributed by atoms with E-state index in [9.17, 15) is 18.7 Å². The van der Waals surface area contributed by atoms with Crippen molar-refractivity contribution in [2.45, 2.75) is 4.83 Å². The van der Waals surface area contributed by atoms with E-state index in [1.807, 2.05) is 21.2 Å². The predicted molar refractivity (Wildman–Crippen MR) is 58.3 cm³/mol. The van der Waals surface area contributed by atoms with Gasteiger partial charge in [-0.15, -0.1) is 0 Å². The van der Waals surface area contributed by atoms with Crippen molar-refractivity contribution in [3.63, 3.8) is 0 Å². The summed E-state index contributed by atoms with van der Waals surface area (Å²) in [6.45, 7) is 0. The van der Waals surface area contributed by atoms with Gasteiger partial charge < -0.3 is 10.4 Å². The summed E-state index contributed by atoms with van der Waals surface area (Å²) in [5.41, 5.74) is -0.0812. The Kier molecular flexibility index (Phi) is 3.67. The molecule has 0 saturated carbocycles. The molecular formula is C8H5Br2F2NO2. The first-order valence-corrected chi connectivity index (χ1v) is 5.26. The molecule has 1 rings (SSSR count). The van der Waals surface area contributed by atoms with Crippen molar-refractivity contribution < 1.29 is 18.7 Å². The maximum absolute atomic E-state index is 12.4. The molecule has 15 heavy (non-hydrogen) atoms. The number of halogens is 4. The van der Waals surface area contributed by atoms with Crippen LogP contribution in [0.15, 0.2) is 22.7 Å². The van der Waals surface area contributed by atoms with Crippen molar-refractivity contribution >= 4 is 43.5 Å². The fraction of sp³-hybridized carbons (Fsp3) is 0.125. The lowest BCUT2D eigenvalue weighted by molar-refractivity contribution is -0.128. The topological polar surface area (TPSA) is 49.3 Å². The van der Waals surface area contributed by atoms with Crippen LogP contribution < -0.4 is 5.32 Å². The molecule has 2 N–H and O–H groups in total. The summed E-state index contributed by atoms with van der Waals surface area (Å²) < 4.78 is 25.4. The van der Waals surface area contributed by atoms with Gasteiger partial charge in [-0.2, -0.15) is 8.78 Å². The number of alkyl halides is 3. The third-order valence-corrected chi connectivity index (χ3v) is 2.32. The Hall–Kier alpha value is -0.690. The number of carbonyl (C=O) groups excluding carboxylic acids is 1. The number of hydrogen-bond donors (Lipinski definition) is 2. The number of hydrogen-bond acceptors (Lipinski definition) is 2. The molecule has 0 unspecified atom stereocenters. The molecule has 1 aromatic carbocycles. The van der Waals surface area contributed by atoms with Gasteiger partial charge in [-0.3, -0.25) is 4.79 Å². The molecule has 0 fully saturated rings. The van der Waals surface area contributed by atoms with Gasteiger partial charge in [0, 0.05) is 20.4 Å². The molecule has 0 aliphatic rings. The average molecular weight is 345 g/mol. The number of carbonyl (C=O) groups is 1. The van der Waals surface area contributed by atoms with Gasteiger partial charge in [0.2, 0.25) is 0 Å². The number of phenols is 1. The quantitative estimate of drug-likeness (QED) is 0.640. The highest BCUT2D eigenvalue weighted by Gasteiger charge is 2.35. The minimum Gasteiger partial charge on any atom is -0.506 e. The van der Waals surface area contributed by atoms with Crippen molar-refractivity contribution in [1.29, 1.82) is 0 Å². The van der Waals surface area contributed by atoms with Crippen LogP contribution in [0.25, 0.3) is 0 Å². The molecule has 3 nitrogen and oxygen atoms in total. The smallest absolute Gasteiger partial charge is 0.378 e. The molecule has 0 radical (unpaired) electrons. The molecule has 0 saturated heterocycles. The second kappa shape index (κ2) is 4.44. The standard InChI is InChI=1S/C8H5Br2F2NO2/c9-4-1-2-5(6(14)3-4)13-7(15)8(10,11)12/h1-3,14H,(H,13,15). The van der Waals surface area contributed by atoms with Crippen LogP contribution in [0.5, 0.6) is 5.75 Å². The lowest BCUT2D eigenvalue weighted by atomic mass is 10.3. The van der Waals surface area contributed by atoms with E-state index in [0.29, 0.717) is 4.47 Å². The molecular weight excluding hydrogens is 340 g/mol. The summed E-state index contributed by atoms with van der Waals surface area (Å²) in [5, 5.41) is 11.2. The van der Waals surface area contributed by atoms with Crippen LogP contribution in [0.1, 0.15) is 0 Å². The van der Waals surface area contributed by atoms with E-state index in [-0.39, 0.29) is 11.4 Å². The van der Waals surface area contributed by atoms with Crippen molar-refractivity contribution in [2.75, 3.05) is 5.32 Å². The Bertz CT molecular complexity index is 393. The molecule has 0 atom stereocenters. The Morgan fingerprint density at radius 3 is 2.53 bits per heavy atom. The van der Waals surface area contributed by atoms with Gasteiger partial charge >= 0.3 is 10.7 Å². The SMILES string of the molecule is O=C(Nc1ccc(Br)cc1O)C(F)(F)Br. The average Bonchev–Trinajstić information content (AvgIpc) is 2.08. The zero-order chi connectivity index (χ0) is 11.6. The van der Waals surface area contributed by atoms with Gasteiger partial charge in [0.05, 0.1) is 5.69 Å². The van der Waals surface area contributed by atoms with E-state index in [4.69, 9.17) is 0 Å². The van der Waals surface area contributed by atoms with Crippen molar-refractivity contribution in [2.24, 2.45) is 0 Å². The Morgan fingerprint density at radius 2 is 2.07 bits per heavy atom. The predicted octanol–water partition coefficient (Wildman–Crippen LogP) is 3.08. The van der Waals surface area contributed by atoms with Crippen LogP contribution in [0, 0.1) is 0 Å². The Morgan fingerprint density at radius 1 is 1.47 bits per heavy atom. The summed E-state index contributed by atoms with van der Waals surface area (Å²) in [5.74, 6) is -1.84. The molecule has 1 aromatic rings. The van der Waals surface area contributed by atoms with Crippen LogP contribution in [0.3, 0.4) is 0 Å². The largest absolute Gasteiger partial charge is 0.506 e. The van der Waals surface area contributed by atoms with Gasteiger partial charge in [-0.05, 0) is 18.2 Å². The summed E-state index contributed by atoms with van der Waals surface area (Å²) >= 11 is 4.98. The number of anilines is 1. The number of nitrogens with one attached hydrogen (secondary N) is 1. The summed E-state index contributed by atoms with van der Waals surface area (Å²) in [6.07, 6.45) is 0. The van der Waals surface area contributed by atoms with Crippen LogP contribution in [0.2, 0.25) is 0 Å². The minimum absolute atomic E-state index is 0.0812. The van der Waals surface area contributed by atoms with Gasteiger partial charge in [0.1, 0.15) is 5.75 Å². The zero-order valence-corrected chi connectivity index (χ0v) is 10.3. The minimum atomic E-state index is -3.66. The third kappa shape index (κ3) is 3.42.